The zero-order valence-electron chi connectivity index (χ0n) is 9.22. The Labute approximate surface area is 95.4 Å². The van der Waals surface area contributed by atoms with Gasteiger partial charge in [0.1, 0.15) is 0 Å². The molecule has 1 aromatic rings. The molecular formula is C11H19N3S. The number of rotatable bonds is 3. The van der Waals surface area contributed by atoms with Gasteiger partial charge in [-0.25, -0.2) is 0 Å². The van der Waals surface area contributed by atoms with Gasteiger partial charge in [0.15, 0.2) is 0 Å². The molecule has 3 unspecified atom stereocenters. The highest BCUT2D eigenvalue weighted by atomic mass is 32.1. The molecule has 1 aromatic heterocycles. The van der Waals surface area contributed by atoms with Crippen LogP contribution in [0.4, 0.5) is 0 Å². The molecule has 4 heteroatoms. The fourth-order valence-corrected chi connectivity index (χ4v) is 3.22. The molecule has 0 saturated heterocycles. The Morgan fingerprint density at radius 3 is 3.00 bits per heavy atom. The van der Waals surface area contributed by atoms with E-state index in [1.807, 2.05) is 6.20 Å². The van der Waals surface area contributed by atoms with Crippen LogP contribution < -0.4 is 5.73 Å². The molecule has 2 N–H and O–H groups in total. The van der Waals surface area contributed by atoms with Crippen LogP contribution in [0, 0.1) is 11.8 Å². The maximum absolute atomic E-state index is 6.28. The van der Waals surface area contributed by atoms with Gasteiger partial charge in [-0.05, 0) is 18.3 Å². The van der Waals surface area contributed by atoms with Gasteiger partial charge in [0.25, 0.3) is 0 Å². The number of hydrogen-bond acceptors (Lipinski definition) is 4. The molecule has 15 heavy (non-hydrogen) atoms. The highest BCUT2D eigenvalue weighted by molar-refractivity contribution is 6.99. The Morgan fingerprint density at radius 2 is 2.33 bits per heavy atom. The van der Waals surface area contributed by atoms with Gasteiger partial charge in [-0.1, -0.05) is 32.6 Å². The van der Waals surface area contributed by atoms with Crippen LogP contribution in [0.3, 0.4) is 0 Å². The average molecular weight is 225 g/mol. The van der Waals surface area contributed by atoms with E-state index in [0.29, 0.717) is 5.92 Å². The quantitative estimate of drug-likeness (QED) is 0.860. The van der Waals surface area contributed by atoms with Gasteiger partial charge in [0, 0.05) is 0 Å². The van der Waals surface area contributed by atoms with Gasteiger partial charge in [-0.3, -0.25) is 0 Å². The molecule has 0 aliphatic heterocycles. The fraction of sp³-hybridized carbons (Fsp3) is 0.818. The zero-order chi connectivity index (χ0) is 10.7. The normalized spacial score (nSPS) is 28.9. The first-order valence-corrected chi connectivity index (χ1v) is 6.59. The summed E-state index contributed by atoms with van der Waals surface area (Å²) in [5.74, 6) is 1.41. The largest absolute Gasteiger partial charge is 0.322 e. The summed E-state index contributed by atoms with van der Waals surface area (Å²) < 4.78 is 8.31. The molecule has 1 aliphatic carbocycles. The summed E-state index contributed by atoms with van der Waals surface area (Å²) in [5.41, 5.74) is 7.28. The van der Waals surface area contributed by atoms with Gasteiger partial charge < -0.3 is 5.73 Å². The number of aromatic nitrogens is 2. The van der Waals surface area contributed by atoms with Crippen molar-refractivity contribution < 1.29 is 0 Å². The van der Waals surface area contributed by atoms with E-state index < -0.39 is 0 Å². The standard InChI is InChI=1S/C11H19N3S/c1-2-8-5-3-4-6-9(8)11(12)10-7-13-15-14-10/h7-9,11H,2-6,12H2,1H3. The molecule has 0 amide bonds. The highest BCUT2D eigenvalue weighted by Crippen LogP contribution is 2.38. The van der Waals surface area contributed by atoms with Crippen molar-refractivity contribution in [3.63, 3.8) is 0 Å². The Kier molecular flexibility index (Phi) is 3.70. The van der Waals surface area contributed by atoms with Crippen LogP contribution in [-0.4, -0.2) is 8.75 Å². The number of nitrogens with two attached hydrogens (primary N) is 1. The van der Waals surface area contributed by atoms with Crippen molar-refractivity contribution in [2.45, 2.75) is 45.1 Å². The van der Waals surface area contributed by atoms with Crippen LogP contribution in [0.2, 0.25) is 0 Å². The molecule has 0 aromatic carbocycles. The number of nitrogens with zero attached hydrogens (tertiary/aromatic N) is 2. The van der Waals surface area contributed by atoms with E-state index in [2.05, 4.69) is 15.7 Å². The average Bonchev–Trinajstić information content (AvgIpc) is 2.81. The molecule has 0 bridgehead atoms. The molecular weight excluding hydrogens is 206 g/mol. The van der Waals surface area contributed by atoms with Crippen LogP contribution in [0.5, 0.6) is 0 Å². The maximum Gasteiger partial charge on any atom is 0.0913 e. The van der Waals surface area contributed by atoms with Gasteiger partial charge in [-0.15, -0.1) is 0 Å². The molecule has 0 spiro atoms. The van der Waals surface area contributed by atoms with Gasteiger partial charge in [0.2, 0.25) is 0 Å². The topological polar surface area (TPSA) is 51.8 Å². The minimum atomic E-state index is 0.106. The Hall–Kier alpha value is -0.480. The third kappa shape index (κ3) is 2.37. The maximum atomic E-state index is 6.28. The third-order valence-electron chi connectivity index (χ3n) is 3.67. The smallest absolute Gasteiger partial charge is 0.0913 e. The second-order valence-electron chi connectivity index (χ2n) is 4.47. The molecule has 3 atom stereocenters. The van der Waals surface area contributed by atoms with E-state index in [9.17, 15) is 0 Å². The second-order valence-corrected chi connectivity index (χ2v) is 5.03. The molecule has 3 nitrogen and oxygen atoms in total. The van der Waals surface area contributed by atoms with Crippen molar-refractivity contribution in [2.75, 3.05) is 0 Å². The van der Waals surface area contributed by atoms with Gasteiger partial charge in [0.05, 0.1) is 29.7 Å². The van der Waals surface area contributed by atoms with E-state index in [1.54, 1.807) is 0 Å². The second kappa shape index (κ2) is 5.03. The Bertz CT molecular complexity index is 286. The summed E-state index contributed by atoms with van der Waals surface area (Å²) >= 11 is 1.26. The summed E-state index contributed by atoms with van der Waals surface area (Å²) in [6, 6.07) is 0.106. The number of hydrogen-bond donors (Lipinski definition) is 1. The molecule has 1 heterocycles. The summed E-state index contributed by atoms with van der Waals surface area (Å²) in [5, 5.41) is 0. The summed E-state index contributed by atoms with van der Waals surface area (Å²) in [4.78, 5) is 0. The van der Waals surface area contributed by atoms with Crippen molar-refractivity contribution in [3.05, 3.63) is 11.9 Å². The first-order chi connectivity index (χ1) is 7.33. The minimum absolute atomic E-state index is 0.106. The molecule has 84 valence electrons. The lowest BCUT2D eigenvalue weighted by Gasteiger charge is -2.34. The molecule has 1 aliphatic rings. The summed E-state index contributed by atoms with van der Waals surface area (Å²) in [6.07, 6.45) is 8.37. The lowest BCUT2D eigenvalue weighted by molar-refractivity contribution is 0.195. The monoisotopic (exact) mass is 225 g/mol. The Morgan fingerprint density at radius 1 is 1.53 bits per heavy atom. The zero-order valence-corrected chi connectivity index (χ0v) is 10.0. The van der Waals surface area contributed by atoms with Crippen molar-refractivity contribution in [2.24, 2.45) is 17.6 Å². The Balaban J connectivity index is 2.07. The van der Waals surface area contributed by atoms with Crippen LogP contribution >= 0.6 is 11.7 Å². The first kappa shape index (κ1) is 11.0. The molecule has 1 saturated carbocycles. The van der Waals surface area contributed by atoms with Gasteiger partial charge in [-0.2, -0.15) is 8.75 Å². The van der Waals surface area contributed by atoms with Crippen LogP contribution in [0.25, 0.3) is 0 Å². The van der Waals surface area contributed by atoms with Crippen molar-refractivity contribution in [1.29, 1.82) is 0 Å². The van der Waals surface area contributed by atoms with Crippen LogP contribution in [0.1, 0.15) is 50.8 Å². The minimum Gasteiger partial charge on any atom is -0.322 e. The fourth-order valence-electron chi connectivity index (χ4n) is 2.75. The lowest BCUT2D eigenvalue weighted by atomic mass is 9.73. The van der Waals surface area contributed by atoms with Gasteiger partial charge >= 0.3 is 0 Å². The SMILES string of the molecule is CCC1CCCCC1C(N)c1cnsn1. The van der Waals surface area contributed by atoms with Crippen LogP contribution in [0.15, 0.2) is 6.20 Å². The molecule has 2 rings (SSSR count). The predicted octanol–water partition coefficient (Wildman–Crippen LogP) is 2.75. The van der Waals surface area contributed by atoms with E-state index >= 15 is 0 Å². The lowest BCUT2D eigenvalue weighted by Crippen LogP contribution is -2.30. The van der Waals surface area contributed by atoms with Crippen molar-refractivity contribution in [3.8, 4) is 0 Å². The van der Waals surface area contributed by atoms with E-state index in [0.717, 1.165) is 11.6 Å². The molecule has 0 radical (unpaired) electrons. The van der Waals surface area contributed by atoms with Crippen LogP contribution in [-0.2, 0) is 0 Å². The van der Waals surface area contributed by atoms with E-state index in [4.69, 9.17) is 5.73 Å². The summed E-state index contributed by atoms with van der Waals surface area (Å²) in [6.45, 7) is 2.27. The third-order valence-corrected chi connectivity index (χ3v) is 4.17. The molecule has 1 fully saturated rings. The highest BCUT2D eigenvalue weighted by Gasteiger charge is 2.30. The van der Waals surface area contributed by atoms with E-state index in [1.165, 1.54) is 43.8 Å². The van der Waals surface area contributed by atoms with Crippen molar-refractivity contribution >= 4 is 11.7 Å². The van der Waals surface area contributed by atoms with E-state index in [-0.39, 0.29) is 6.04 Å². The summed E-state index contributed by atoms with van der Waals surface area (Å²) in [7, 11) is 0. The predicted molar refractivity (Wildman–Crippen MR) is 62.6 cm³/mol. The first-order valence-electron chi connectivity index (χ1n) is 5.86. The van der Waals surface area contributed by atoms with Crippen molar-refractivity contribution in [1.82, 2.24) is 8.75 Å².